The Hall–Kier alpha value is -3.09. The number of hydrogen-bond donors (Lipinski definition) is 1. The number of benzene rings is 1. The minimum atomic E-state index is -0.218. The van der Waals surface area contributed by atoms with Gasteiger partial charge in [-0.15, -0.1) is 0 Å². The predicted octanol–water partition coefficient (Wildman–Crippen LogP) is 2.75. The lowest BCUT2D eigenvalue weighted by molar-refractivity contribution is -0.147. The standard InChI is InChI=1S/C26H28N4O3/c31-21(15-30-24(32)22-16-7-8-17(14-16)23(22)25(30)33)28-12-9-26(10-13-28)20-6-3-11-29(20)19-5-2-1-4-18(19)27-26/h1-6,11,16-17,22-23,27H,7-10,12-15H2/t16-,17-,22+,23+/m0/s1. The number of nitrogens with zero attached hydrogens (tertiary/aromatic N) is 3. The molecule has 0 unspecified atom stereocenters. The molecule has 1 spiro atoms. The van der Waals surface area contributed by atoms with Crippen molar-refractivity contribution in [2.75, 3.05) is 25.0 Å². The minimum absolute atomic E-state index is 0.0935. The van der Waals surface area contributed by atoms with Gasteiger partial charge in [-0.05, 0) is 68.2 Å². The van der Waals surface area contributed by atoms with Crippen molar-refractivity contribution < 1.29 is 14.4 Å². The van der Waals surface area contributed by atoms with Crippen molar-refractivity contribution in [3.05, 3.63) is 48.3 Å². The summed E-state index contributed by atoms with van der Waals surface area (Å²) in [7, 11) is 0. The van der Waals surface area contributed by atoms with Crippen LogP contribution in [0.5, 0.6) is 0 Å². The summed E-state index contributed by atoms with van der Waals surface area (Å²) >= 11 is 0. The molecule has 5 aliphatic rings. The Labute approximate surface area is 192 Å². The summed E-state index contributed by atoms with van der Waals surface area (Å²) in [6, 6.07) is 12.5. The molecule has 7 nitrogen and oxygen atoms in total. The molecule has 33 heavy (non-hydrogen) atoms. The summed E-state index contributed by atoms with van der Waals surface area (Å²) in [5.41, 5.74) is 3.26. The molecule has 2 saturated heterocycles. The van der Waals surface area contributed by atoms with Crippen molar-refractivity contribution in [2.24, 2.45) is 23.7 Å². The van der Waals surface area contributed by atoms with Gasteiger partial charge in [-0.1, -0.05) is 12.1 Å². The monoisotopic (exact) mass is 444 g/mol. The average molecular weight is 445 g/mol. The van der Waals surface area contributed by atoms with Crippen LogP contribution in [-0.4, -0.2) is 51.7 Å². The van der Waals surface area contributed by atoms with Gasteiger partial charge in [0.15, 0.2) is 0 Å². The third-order valence-corrected chi connectivity index (χ3v) is 9.06. The van der Waals surface area contributed by atoms with Gasteiger partial charge in [0.05, 0.1) is 28.7 Å². The van der Waals surface area contributed by atoms with E-state index >= 15 is 0 Å². The quantitative estimate of drug-likeness (QED) is 0.723. The van der Waals surface area contributed by atoms with E-state index in [2.05, 4.69) is 40.3 Å². The van der Waals surface area contributed by atoms with Crippen molar-refractivity contribution in [1.82, 2.24) is 14.4 Å². The van der Waals surface area contributed by atoms with Gasteiger partial charge in [0.2, 0.25) is 17.7 Å². The number of hydrogen-bond acceptors (Lipinski definition) is 4. The highest BCUT2D eigenvalue weighted by molar-refractivity contribution is 6.08. The number of nitrogens with one attached hydrogen (secondary N) is 1. The highest BCUT2D eigenvalue weighted by Crippen LogP contribution is 2.56. The molecular weight excluding hydrogens is 416 g/mol. The molecule has 7 heteroatoms. The second-order valence-corrected chi connectivity index (χ2v) is 10.5. The van der Waals surface area contributed by atoms with Crippen LogP contribution in [0.1, 0.15) is 37.8 Å². The molecule has 4 fully saturated rings. The number of para-hydroxylation sites is 2. The maximum Gasteiger partial charge on any atom is 0.242 e. The largest absolute Gasteiger partial charge is 0.372 e. The average Bonchev–Trinajstić information content (AvgIpc) is 3.61. The Kier molecular flexibility index (Phi) is 3.94. The van der Waals surface area contributed by atoms with Crippen molar-refractivity contribution >= 4 is 23.4 Å². The fourth-order valence-electron chi connectivity index (χ4n) is 7.47. The van der Waals surface area contributed by atoms with E-state index in [1.54, 1.807) is 0 Å². The van der Waals surface area contributed by atoms with Crippen molar-refractivity contribution in [3.8, 4) is 5.69 Å². The lowest BCUT2D eigenvalue weighted by Gasteiger charge is -2.46. The molecule has 1 N–H and O–H groups in total. The van der Waals surface area contributed by atoms with Crippen molar-refractivity contribution in [1.29, 1.82) is 0 Å². The van der Waals surface area contributed by atoms with E-state index in [1.807, 2.05) is 17.0 Å². The molecule has 3 aliphatic heterocycles. The predicted molar refractivity (Wildman–Crippen MR) is 121 cm³/mol. The fourth-order valence-corrected chi connectivity index (χ4v) is 7.47. The minimum Gasteiger partial charge on any atom is -0.372 e. The first-order valence-electron chi connectivity index (χ1n) is 12.2. The van der Waals surface area contributed by atoms with Crippen LogP contribution in [-0.2, 0) is 19.9 Å². The summed E-state index contributed by atoms with van der Waals surface area (Å²) in [4.78, 5) is 42.3. The molecule has 1 aromatic heterocycles. The van der Waals surface area contributed by atoms with Gasteiger partial charge in [0.1, 0.15) is 6.54 Å². The molecular formula is C26H28N4O3. The normalized spacial score (nSPS) is 30.9. The summed E-state index contributed by atoms with van der Waals surface area (Å²) in [5, 5.41) is 3.77. The molecule has 2 saturated carbocycles. The molecule has 2 bridgehead atoms. The molecule has 3 amide bonds. The van der Waals surface area contributed by atoms with E-state index in [0.29, 0.717) is 24.9 Å². The van der Waals surface area contributed by atoms with E-state index < -0.39 is 0 Å². The molecule has 4 heterocycles. The Morgan fingerprint density at radius 1 is 0.970 bits per heavy atom. The van der Waals surface area contributed by atoms with E-state index in [-0.39, 0.29) is 41.6 Å². The van der Waals surface area contributed by atoms with Crippen LogP contribution in [0, 0.1) is 23.7 Å². The zero-order valence-electron chi connectivity index (χ0n) is 18.6. The Balaban J connectivity index is 1.06. The topological polar surface area (TPSA) is 74.7 Å². The van der Waals surface area contributed by atoms with Gasteiger partial charge in [0, 0.05) is 25.0 Å². The highest BCUT2D eigenvalue weighted by atomic mass is 16.2. The number of imide groups is 1. The number of carbonyl (C=O) groups excluding carboxylic acids is 3. The van der Waals surface area contributed by atoms with Gasteiger partial charge < -0.3 is 14.8 Å². The van der Waals surface area contributed by atoms with Gasteiger partial charge >= 0.3 is 0 Å². The second-order valence-electron chi connectivity index (χ2n) is 10.5. The Morgan fingerprint density at radius 2 is 1.67 bits per heavy atom. The van der Waals surface area contributed by atoms with Crippen LogP contribution in [0.3, 0.4) is 0 Å². The van der Waals surface area contributed by atoms with Crippen LogP contribution in [0.2, 0.25) is 0 Å². The Bertz CT molecular complexity index is 1150. The number of fused-ring (bicyclic) bond motifs is 9. The van der Waals surface area contributed by atoms with Crippen molar-refractivity contribution in [3.63, 3.8) is 0 Å². The van der Waals surface area contributed by atoms with Gasteiger partial charge in [-0.25, -0.2) is 0 Å². The molecule has 4 atom stereocenters. The highest BCUT2D eigenvalue weighted by Gasteiger charge is 2.61. The third kappa shape index (κ3) is 2.59. The maximum atomic E-state index is 13.2. The summed E-state index contributed by atoms with van der Waals surface area (Å²) in [6.45, 7) is 1.12. The zero-order chi connectivity index (χ0) is 22.3. The van der Waals surface area contributed by atoms with Gasteiger partial charge in [-0.2, -0.15) is 0 Å². The SMILES string of the molecule is O=C(CN1C(=O)[C@@H]2[C@H]3CC[C@@H](C3)[C@H]2C1=O)N1CCC2(CC1)Nc1ccccc1-n1cccc12. The molecule has 170 valence electrons. The first kappa shape index (κ1) is 19.4. The van der Waals surface area contributed by atoms with Crippen LogP contribution in [0.4, 0.5) is 5.69 Å². The number of likely N-dealkylation sites (tertiary alicyclic amines) is 2. The summed E-state index contributed by atoms with van der Waals surface area (Å²) in [5.74, 6) is 0.0852. The van der Waals surface area contributed by atoms with Crippen LogP contribution < -0.4 is 5.32 Å². The van der Waals surface area contributed by atoms with E-state index in [4.69, 9.17) is 0 Å². The smallest absolute Gasteiger partial charge is 0.242 e. The molecule has 1 aromatic carbocycles. The number of anilines is 1. The summed E-state index contributed by atoms with van der Waals surface area (Å²) in [6.07, 6.45) is 6.80. The van der Waals surface area contributed by atoms with Gasteiger partial charge in [-0.3, -0.25) is 19.3 Å². The summed E-state index contributed by atoms with van der Waals surface area (Å²) < 4.78 is 2.25. The number of amides is 3. The van der Waals surface area contributed by atoms with Gasteiger partial charge in [0.25, 0.3) is 0 Å². The second kappa shape index (κ2) is 6.72. The maximum absolute atomic E-state index is 13.2. The molecule has 7 rings (SSSR count). The lowest BCUT2D eigenvalue weighted by atomic mass is 9.81. The number of aromatic nitrogens is 1. The van der Waals surface area contributed by atoms with Crippen molar-refractivity contribution in [2.45, 2.75) is 37.6 Å². The van der Waals surface area contributed by atoms with Crippen LogP contribution in [0.15, 0.2) is 42.6 Å². The fraction of sp³-hybridized carbons (Fsp3) is 0.500. The zero-order valence-corrected chi connectivity index (χ0v) is 18.6. The van der Waals surface area contributed by atoms with Crippen LogP contribution in [0.25, 0.3) is 5.69 Å². The lowest BCUT2D eigenvalue weighted by Crippen LogP contribution is -2.53. The third-order valence-electron chi connectivity index (χ3n) is 9.06. The molecule has 0 radical (unpaired) electrons. The molecule has 2 aliphatic carbocycles. The van der Waals surface area contributed by atoms with E-state index in [1.165, 1.54) is 10.6 Å². The number of carbonyl (C=O) groups is 3. The number of piperidine rings is 1. The first-order chi connectivity index (χ1) is 16.1. The Morgan fingerprint density at radius 3 is 2.39 bits per heavy atom. The van der Waals surface area contributed by atoms with Crippen LogP contribution >= 0.6 is 0 Å². The molecule has 2 aromatic rings. The van der Waals surface area contributed by atoms with E-state index in [9.17, 15) is 14.4 Å². The van der Waals surface area contributed by atoms with E-state index in [0.717, 1.165) is 43.5 Å². The number of rotatable bonds is 2. The first-order valence-corrected chi connectivity index (χ1v) is 12.2.